The van der Waals surface area contributed by atoms with E-state index >= 15 is 0 Å². The van der Waals surface area contributed by atoms with Crippen LogP contribution in [0.3, 0.4) is 0 Å². The highest BCUT2D eigenvalue weighted by atomic mass is 79.9. The van der Waals surface area contributed by atoms with E-state index in [1.165, 1.54) is 0 Å². The minimum atomic E-state index is 0.101. The molecule has 2 rings (SSSR count). The molecule has 0 amide bonds. The molecule has 0 spiro atoms. The average molecular weight is 323 g/mol. The quantitative estimate of drug-likeness (QED) is 0.888. The summed E-state index contributed by atoms with van der Waals surface area (Å²) in [7, 11) is 0. The standard InChI is InChI=1S/C14H19BrN4/c1-3-7-19-10-11(8-18-19)14(16-4-2)13-6-5-12(15)9-17-13/h5-6,8-10,14,16H,3-4,7H2,1-2H3. The van der Waals surface area contributed by atoms with Gasteiger partial charge in [-0.05, 0) is 41.0 Å². The van der Waals surface area contributed by atoms with E-state index in [-0.39, 0.29) is 6.04 Å². The zero-order chi connectivity index (χ0) is 13.7. The summed E-state index contributed by atoms with van der Waals surface area (Å²) in [4.78, 5) is 4.48. The van der Waals surface area contributed by atoms with E-state index in [1.54, 1.807) is 0 Å². The van der Waals surface area contributed by atoms with Crippen molar-refractivity contribution >= 4 is 15.9 Å². The molecule has 2 heterocycles. The smallest absolute Gasteiger partial charge is 0.0782 e. The number of pyridine rings is 1. The lowest BCUT2D eigenvalue weighted by atomic mass is 10.1. The van der Waals surface area contributed by atoms with Gasteiger partial charge in [-0.15, -0.1) is 0 Å². The van der Waals surface area contributed by atoms with Crippen LogP contribution in [0.5, 0.6) is 0 Å². The highest BCUT2D eigenvalue weighted by Crippen LogP contribution is 2.21. The Morgan fingerprint density at radius 2 is 2.16 bits per heavy atom. The Balaban J connectivity index is 2.25. The molecule has 2 aromatic heterocycles. The molecule has 1 atom stereocenters. The maximum Gasteiger partial charge on any atom is 0.0782 e. The van der Waals surface area contributed by atoms with Crippen molar-refractivity contribution in [1.29, 1.82) is 0 Å². The maximum absolute atomic E-state index is 4.48. The van der Waals surface area contributed by atoms with Gasteiger partial charge in [0.2, 0.25) is 0 Å². The van der Waals surface area contributed by atoms with Gasteiger partial charge in [0.05, 0.1) is 17.9 Å². The minimum absolute atomic E-state index is 0.101. The lowest BCUT2D eigenvalue weighted by Gasteiger charge is -2.15. The van der Waals surface area contributed by atoms with Gasteiger partial charge in [-0.3, -0.25) is 9.67 Å². The average Bonchev–Trinajstić information content (AvgIpc) is 2.86. The molecule has 0 saturated heterocycles. The number of halogens is 1. The first kappa shape index (κ1) is 14.2. The monoisotopic (exact) mass is 322 g/mol. The molecular formula is C14H19BrN4. The van der Waals surface area contributed by atoms with Crippen LogP contribution in [0.4, 0.5) is 0 Å². The Bertz CT molecular complexity index is 506. The van der Waals surface area contributed by atoms with Gasteiger partial charge in [-0.1, -0.05) is 13.8 Å². The van der Waals surface area contributed by atoms with Crippen LogP contribution in [0.25, 0.3) is 0 Å². The number of hydrogen-bond donors (Lipinski definition) is 1. The molecule has 1 N–H and O–H groups in total. The first-order valence-corrected chi connectivity index (χ1v) is 7.41. The lowest BCUT2D eigenvalue weighted by molar-refractivity contribution is 0.594. The second-order valence-electron chi connectivity index (χ2n) is 4.43. The van der Waals surface area contributed by atoms with Crippen molar-refractivity contribution in [2.24, 2.45) is 0 Å². The van der Waals surface area contributed by atoms with Gasteiger partial charge in [-0.2, -0.15) is 5.10 Å². The third-order valence-electron chi connectivity index (χ3n) is 2.89. The molecule has 102 valence electrons. The molecule has 0 aromatic carbocycles. The van der Waals surface area contributed by atoms with Crippen molar-refractivity contribution in [1.82, 2.24) is 20.1 Å². The molecule has 0 aliphatic rings. The Hall–Kier alpha value is -1.20. The van der Waals surface area contributed by atoms with Crippen LogP contribution in [0, 0.1) is 0 Å². The normalized spacial score (nSPS) is 12.6. The van der Waals surface area contributed by atoms with Crippen molar-refractivity contribution in [3.8, 4) is 0 Å². The van der Waals surface area contributed by atoms with Crippen molar-refractivity contribution in [3.05, 3.63) is 46.5 Å². The SMILES string of the molecule is CCCn1cc(C(NCC)c2ccc(Br)cn2)cn1. The molecule has 0 saturated carbocycles. The summed E-state index contributed by atoms with van der Waals surface area (Å²) in [6.07, 6.45) is 6.94. The predicted octanol–water partition coefficient (Wildman–Crippen LogP) is 3.15. The molecule has 0 radical (unpaired) electrons. The van der Waals surface area contributed by atoms with E-state index < -0.39 is 0 Å². The molecule has 4 nitrogen and oxygen atoms in total. The summed E-state index contributed by atoms with van der Waals surface area (Å²) < 4.78 is 2.98. The van der Waals surface area contributed by atoms with Crippen LogP contribution in [-0.2, 0) is 6.54 Å². The Morgan fingerprint density at radius 1 is 1.32 bits per heavy atom. The topological polar surface area (TPSA) is 42.7 Å². The van der Waals surface area contributed by atoms with E-state index in [4.69, 9.17) is 0 Å². The highest BCUT2D eigenvalue weighted by molar-refractivity contribution is 9.10. The molecule has 0 fully saturated rings. The zero-order valence-electron chi connectivity index (χ0n) is 11.3. The first-order valence-electron chi connectivity index (χ1n) is 6.61. The summed E-state index contributed by atoms with van der Waals surface area (Å²) in [5, 5.41) is 7.85. The summed E-state index contributed by atoms with van der Waals surface area (Å²) >= 11 is 3.42. The third-order valence-corrected chi connectivity index (χ3v) is 3.36. The van der Waals surface area contributed by atoms with Crippen molar-refractivity contribution in [2.45, 2.75) is 32.9 Å². The number of rotatable bonds is 6. The van der Waals surface area contributed by atoms with Gasteiger partial charge in [0, 0.05) is 29.0 Å². The summed E-state index contributed by atoms with van der Waals surface area (Å²) in [6, 6.07) is 4.15. The van der Waals surface area contributed by atoms with Gasteiger partial charge in [0.25, 0.3) is 0 Å². The van der Waals surface area contributed by atoms with E-state index in [2.05, 4.69) is 51.4 Å². The Labute approximate surface area is 122 Å². The fourth-order valence-corrected chi connectivity index (χ4v) is 2.27. The van der Waals surface area contributed by atoms with Crippen LogP contribution in [0.2, 0.25) is 0 Å². The minimum Gasteiger partial charge on any atom is -0.305 e. The van der Waals surface area contributed by atoms with Crippen LogP contribution in [0.1, 0.15) is 37.6 Å². The molecule has 0 bridgehead atoms. The number of aromatic nitrogens is 3. The molecule has 2 aromatic rings. The van der Waals surface area contributed by atoms with Gasteiger partial charge in [-0.25, -0.2) is 0 Å². The van der Waals surface area contributed by atoms with Gasteiger partial charge in [0.15, 0.2) is 0 Å². The molecule has 1 unspecified atom stereocenters. The Kier molecular flexibility index (Phi) is 5.10. The van der Waals surface area contributed by atoms with Crippen molar-refractivity contribution < 1.29 is 0 Å². The van der Waals surface area contributed by atoms with Crippen LogP contribution < -0.4 is 5.32 Å². The summed E-state index contributed by atoms with van der Waals surface area (Å²) in [5.41, 5.74) is 2.17. The fourth-order valence-electron chi connectivity index (χ4n) is 2.04. The largest absolute Gasteiger partial charge is 0.305 e. The fraction of sp³-hybridized carbons (Fsp3) is 0.429. The molecule has 0 aliphatic heterocycles. The highest BCUT2D eigenvalue weighted by Gasteiger charge is 2.16. The van der Waals surface area contributed by atoms with E-state index in [0.717, 1.165) is 35.2 Å². The molecule has 0 aliphatic carbocycles. The van der Waals surface area contributed by atoms with E-state index in [9.17, 15) is 0 Å². The molecule has 19 heavy (non-hydrogen) atoms. The van der Waals surface area contributed by atoms with Gasteiger partial charge >= 0.3 is 0 Å². The molecular weight excluding hydrogens is 304 g/mol. The summed E-state index contributed by atoms with van der Waals surface area (Å²) in [6.45, 7) is 6.09. The molecule has 5 heteroatoms. The maximum atomic E-state index is 4.48. The lowest BCUT2D eigenvalue weighted by Crippen LogP contribution is -2.22. The van der Waals surface area contributed by atoms with Crippen LogP contribution in [0.15, 0.2) is 35.2 Å². The van der Waals surface area contributed by atoms with Crippen LogP contribution >= 0.6 is 15.9 Å². The summed E-state index contributed by atoms with van der Waals surface area (Å²) in [5.74, 6) is 0. The second kappa shape index (κ2) is 6.82. The van der Waals surface area contributed by atoms with E-state index in [0.29, 0.717) is 0 Å². The second-order valence-corrected chi connectivity index (χ2v) is 5.34. The number of hydrogen-bond acceptors (Lipinski definition) is 3. The van der Waals surface area contributed by atoms with Crippen LogP contribution in [-0.4, -0.2) is 21.3 Å². The van der Waals surface area contributed by atoms with E-state index in [1.807, 2.05) is 29.2 Å². The van der Waals surface area contributed by atoms with Crippen molar-refractivity contribution in [3.63, 3.8) is 0 Å². The zero-order valence-corrected chi connectivity index (χ0v) is 12.9. The Morgan fingerprint density at radius 3 is 2.79 bits per heavy atom. The predicted molar refractivity (Wildman–Crippen MR) is 80.0 cm³/mol. The first-order chi connectivity index (χ1) is 9.24. The number of aryl methyl sites for hydroxylation is 1. The van der Waals surface area contributed by atoms with Gasteiger partial charge in [0.1, 0.15) is 0 Å². The van der Waals surface area contributed by atoms with Crippen molar-refractivity contribution in [2.75, 3.05) is 6.54 Å². The third kappa shape index (κ3) is 3.64. The van der Waals surface area contributed by atoms with Gasteiger partial charge < -0.3 is 5.32 Å². The number of nitrogens with one attached hydrogen (secondary N) is 1. The number of nitrogens with zero attached hydrogens (tertiary/aromatic N) is 3.